The Bertz CT molecular complexity index is 934. The summed E-state index contributed by atoms with van der Waals surface area (Å²) < 4.78 is 5.04. The van der Waals surface area contributed by atoms with Gasteiger partial charge in [0.1, 0.15) is 5.00 Å². The second kappa shape index (κ2) is 9.17. The van der Waals surface area contributed by atoms with Crippen molar-refractivity contribution in [3.05, 3.63) is 55.9 Å². The lowest BCUT2D eigenvalue weighted by atomic mass is 10.1. The van der Waals surface area contributed by atoms with E-state index >= 15 is 0 Å². The number of ether oxygens (including phenoxy) is 1. The average Bonchev–Trinajstić information content (AvgIpc) is 2.90. The Hall–Kier alpha value is -2.15. The van der Waals surface area contributed by atoms with Gasteiger partial charge in [0, 0.05) is 16.1 Å². The number of ketones is 1. The minimum atomic E-state index is -0.584. The van der Waals surface area contributed by atoms with Crippen LogP contribution < -0.4 is 5.32 Å². The molecular weight excluding hydrogens is 409 g/mol. The molecule has 5 nitrogen and oxygen atoms in total. The van der Waals surface area contributed by atoms with Crippen LogP contribution in [0.15, 0.2) is 24.3 Å². The first-order chi connectivity index (χ1) is 12.7. The Kier molecular flexibility index (Phi) is 7.18. The normalized spacial score (nSPS) is 10.9. The third-order valence-corrected chi connectivity index (χ3v) is 5.43. The topological polar surface area (TPSA) is 72.5 Å². The number of esters is 1. The van der Waals surface area contributed by atoms with E-state index in [9.17, 15) is 14.4 Å². The van der Waals surface area contributed by atoms with Crippen molar-refractivity contribution in [2.24, 2.45) is 0 Å². The number of thiophene rings is 1. The zero-order valence-corrected chi connectivity index (χ0v) is 17.2. The van der Waals surface area contributed by atoms with Gasteiger partial charge in [0.15, 0.2) is 5.78 Å². The summed E-state index contributed by atoms with van der Waals surface area (Å²) in [5.74, 6) is -1.24. The Morgan fingerprint density at radius 2 is 1.96 bits per heavy atom. The van der Waals surface area contributed by atoms with Crippen molar-refractivity contribution in [1.82, 2.24) is 0 Å². The zero-order valence-electron chi connectivity index (χ0n) is 14.9. The maximum absolute atomic E-state index is 12.3. The highest BCUT2D eigenvalue weighted by molar-refractivity contribution is 7.18. The number of Topliss-reactive ketones (excluding diaryl/α,β-unsaturated/α-hetero) is 1. The Balaban J connectivity index is 2.28. The van der Waals surface area contributed by atoms with Crippen molar-refractivity contribution in [1.29, 1.82) is 0 Å². The molecule has 0 saturated heterocycles. The molecule has 0 spiro atoms. The summed E-state index contributed by atoms with van der Waals surface area (Å²) in [6, 6.07) is 4.91. The van der Waals surface area contributed by atoms with Crippen molar-refractivity contribution >= 4 is 63.3 Å². The number of benzene rings is 1. The summed E-state index contributed by atoms with van der Waals surface area (Å²) in [7, 11) is 0. The van der Waals surface area contributed by atoms with Gasteiger partial charge in [0.05, 0.1) is 17.0 Å². The summed E-state index contributed by atoms with van der Waals surface area (Å²) in [6.07, 6.45) is 2.82. The fourth-order valence-electron chi connectivity index (χ4n) is 2.34. The molecule has 0 aliphatic carbocycles. The highest BCUT2D eigenvalue weighted by Gasteiger charge is 2.24. The smallest absolute Gasteiger partial charge is 0.341 e. The molecule has 27 heavy (non-hydrogen) atoms. The van der Waals surface area contributed by atoms with Gasteiger partial charge in [-0.3, -0.25) is 9.59 Å². The minimum absolute atomic E-state index is 0.186. The Morgan fingerprint density at radius 1 is 1.26 bits per heavy atom. The van der Waals surface area contributed by atoms with Crippen LogP contribution in [0, 0.1) is 6.92 Å². The monoisotopic (exact) mass is 425 g/mol. The van der Waals surface area contributed by atoms with Crippen LogP contribution in [0.3, 0.4) is 0 Å². The molecule has 2 rings (SSSR count). The van der Waals surface area contributed by atoms with Crippen LogP contribution in [0.4, 0.5) is 5.00 Å². The first kappa shape index (κ1) is 21.2. The van der Waals surface area contributed by atoms with Crippen LogP contribution in [0.1, 0.15) is 45.0 Å². The molecule has 0 aliphatic heterocycles. The quantitative estimate of drug-likeness (QED) is 0.382. The van der Waals surface area contributed by atoms with Crippen molar-refractivity contribution in [3.63, 3.8) is 0 Å². The molecule has 8 heteroatoms. The van der Waals surface area contributed by atoms with Crippen LogP contribution in [-0.4, -0.2) is 24.3 Å². The Labute approximate surface area is 170 Å². The molecule has 0 fully saturated rings. The molecule has 1 heterocycles. The van der Waals surface area contributed by atoms with Gasteiger partial charge in [0.2, 0.25) is 5.91 Å². The lowest BCUT2D eigenvalue weighted by molar-refractivity contribution is -0.111. The first-order valence-corrected chi connectivity index (χ1v) is 9.57. The second-order valence-corrected chi connectivity index (χ2v) is 7.39. The second-order valence-electron chi connectivity index (χ2n) is 5.53. The van der Waals surface area contributed by atoms with E-state index < -0.39 is 11.9 Å². The number of amides is 1. The lowest BCUT2D eigenvalue weighted by Crippen LogP contribution is -2.12. The predicted molar refractivity (Wildman–Crippen MR) is 109 cm³/mol. The Morgan fingerprint density at radius 3 is 2.56 bits per heavy atom. The third kappa shape index (κ3) is 5.19. The van der Waals surface area contributed by atoms with Crippen LogP contribution in [0.2, 0.25) is 10.0 Å². The van der Waals surface area contributed by atoms with Crippen LogP contribution >= 0.6 is 34.5 Å². The molecule has 1 amide bonds. The average molecular weight is 426 g/mol. The summed E-state index contributed by atoms with van der Waals surface area (Å²) >= 11 is 13.0. The number of anilines is 1. The number of halogens is 2. The fraction of sp³-hybridized carbons (Fsp3) is 0.211. The molecule has 1 aromatic carbocycles. The number of rotatable bonds is 6. The molecule has 0 aliphatic rings. The summed E-state index contributed by atoms with van der Waals surface area (Å²) in [5, 5.41) is 3.81. The maximum atomic E-state index is 12.3. The highest BCUT2D eigenvalue weighted by Crippen LogP contribution is 2.34. The summed E-state index contributed by atoms with van der Waals surface area (Å²) in [4.78, 5) is 36.7. The molecule has 1 aromatic heterocycles. The number of hydrogen-bond acceptors (Lipinski definition) is 5. The summed E-state index contributed by atoms with van der Waals surface area (Å²) in [6.45, 7) is 4.93. The molecular formula is C19H17Cl2NO4S. The van der Waals surface area contributed by atoms with E-state index in [1.54, 1.807) is 32.0 Å². The molecule has 1 N–H and O–H groups in total. The molecule has 0 bridgehead atoms. The highest BCUT2D eigenvalue weighted by atomic mass is 35.5. The zero-order chi connectivity index (χ0) is 20.1. The van der Waals surface area contributed by atoms with Gasteiger partial charge in [-0.1, -0.05) is 29.3 Å². The maximum Gasteiger partial charge on any atom is 0.341 e. The predicted octanol–water partition coefficient (Wildman–Crippen LogP) is 5.39. The molecule has 0 saturated carbocycles. The van der Waals surface area contributed by atoms with Crippen LogP contribution in [0.25, 0.3) is 6.08 Å². The fourth-order valence-corrected chi connectivity index (χ4v) is 3.91. The minimum Gasteiger partial charge on any atom is -0.462 e. The number of nitrogens with one attached hydrogen (secondary N) is 1. The van der Waals surface area contributed by atoms with E-state index in [4.69, 9.17) is 27.9 Å². The van der Waals surface area contributed by atoms with Gasteiger partial charge in [-0.15, -0.1) is 11.3 Å². The van der Waals surface area contributed by atoms with E-state index in [1.807, 2.05) is 0 Å². The van der Waals surface area contributed by atoms with E-state index in [1.165, 1.54) is 19.1 Å². The largest absolute Gasteiger partial charge is 0.462 e. The lowest BCUT2D eigenvalue weighted by Gasteiger charge is -2.05. The van der Waals surface area contributed by atoms with Gasteiger partial charge in [0.25, 0.3) is 0 Å². The molecule has 2 aromatic rings. The number of hydrogen-bond donors (Lipinski definition) is 1. The van der Waals surface area contributed by atoms with Crippen molar-refractivity contribution in [2.45, 2.75) is 20.8 Å². The molecule has 142 valence electrons. The van der Waals surface area contributed by atoms with Crippen molar-refractivity contribution < 1.29 is 19.1 Å². The van der Waals surface area contributed by atoms with E-state index in [2.05, 4.69) is 5.32 Å². The van der Waals surface area contributed by atoms with E-state index in [-0.39, 0.29) is 23.0 Å². The standard InChI is InChI=1S/C19H17Cl2NO4S/c1-4-26-19(25)16-10(2)17(11(3)23)27-18(16)22-15(24)8-6-12-5-7-13(20)9-14(12)21/h5-9H,4H2,1-3H3,(H,22,24). The summed E-state index contributed by atoms with van der Waals surface area (Å²) in [5.41, 5.74) is 1.30. The number of carbonyl (C=O) groups is 3. The van der Waals surface area contributed by atoms with Crippen molar-refractivity contribution in [3.8, 4) is 0 Å². The van der Waals surface area contributed by atoms with Crippen LogP contribution in [-0.2, 0) is 9.53 Å². The van der Waals surface area contributed by atoms with Gasteiger partial charge >= 0.3 is 5.97 Å². The van der Waals surface area contributed by atoms with E-state index in [0.29, 0.717) is 26.0 Å². The third-order valence-electron chi connectivity index (χ3n) is 3.56. The molecule has 0 atom stereocenters. The van der Waals surface area contributed by atoms with E-state index in [0.717, 1.165) is 11.3 Å². The molecule has 0 radical (unpaired) electrons. The first-order valence-electron chi connectivity index (χ1n) is 8.00. The SMILES string of the molecule is CCOC(=O)c1c(NC(=O)C=Cc2ccc(Cl)cc2Cl)sc(C(C)=O)c1C. The van der Waals surface area contributed by atoms with Gasteiger partial charge in [-0.2, -0.15) is 0 Å². The van der Waals surface area contributed by atoms with Gasteiger partial charge < -0.3 is 10.1 Å². The molecule has 0 unspecified atom stereocenters. The van der Waals surface area contributed by atoms with Crippen molar-refractivity contribution in [2.75, 3.05) is 11.9 Å². The van der Waals surface area contributed by atoms with Gasteiger partial charge in [-0.05, 0) is 50.1 Å². The number of carbonyl (C=O) groups excluding carboxylic acids is 3. The van der Waals surface area contributed by atoms with Gasteiger partial charge in [-0.25, -0.2) is 4.79 Å². The van der Waals surface area contributed by atoms with Crippen LogP contribution in [0.5, 0.6) is 0 Å².